The lowest BCUT2D eigenvalue weighted by atomic mass is 10.0. The van der Waals surface area contributed by atoms with Crippen LogP contribution in [0, 0.1) is 6.92 Å². The molecule has 0 saturated carbocycles. The monoisotopic (exact) mass is 443 g/mol. The zero-order valence-electron chi connectivity index (χ0n) is 18.0. The average molecular weight is 444 g/mol. The number of pyridine rings is 1. The fourth-order valence-electron chi connectivity index (χ4n) is 4.08. The van der Waals surface area contributed by atoms with Crippen molar-refractivity contribution in [1.82, 2.24) is 14.8 Å². The number of fused-ring (bicyclic) bond motifs is 1. The largest absolute Gasteiger partial charge is 0.379 e. The van der Waals surface area contributed by atoms with Gasteiger partial charge in [-0.15, -0.1) is 11.8 Å². The van der Waals surface area contributed by atoms with E-state index in [4.69, 9.17) is 4.74 Å². The van der Waals surface area contributed by atoms with Crippen molar-refractivity contribution in [3.63, 3.8) is 0 Å². The molecule has 1 fully saturated rings. The van der Waals surface area contributed by atoms with E-state index in [2.05, 4.69) is 52.0 Å². The van der Waals surface area contributed by atoms with Crippen LogP contribution >= 0.6 is 23.5 Å². The topological polar surface area (TPSA) is 28.6 Å². The maximum atomic E-state index is 5.44. The Labute approximate surface area is 189 Å². The van der Waals surface area contributed by atoms with Crippen molar-refractivity contribution in [3.05, 3.63) is 58.9 Å². The summed E-state index contributed by atoms with van der Waals surface area (Å²) in [5.74, 6) is 3.31. The lowest BCUT2D eigenvalue weighted by Gasteiger charge is -2.28. The van der Waals surface area contributed by atoms with Gasteiger partial charge in [-0.05, 0) is 36.1 Å². The molecule has 0 amide bonds. The van der Waals surface area contributed by atoms with Crippen LogP contribution in [0.25, 0.3) is 0 Å². The van der Waals surface area contributed by atoms with Crippen LogP contribution in [0.4, 0.5) is 0 Å². The third kappa shape index (κ3) is 6.24. The Kier molecular flexibility index (Phi) is 8.52. The molecule has 3 heterocycles. The van der Waals surface area contributed by atoms with Gasteiger partial charge >= 0.3 is 0 Å². The molecular weight excluding hydrogens is 410 g/mol. The molecule has 1 aromatic heterocycles. The number of rotatable bonds is 9. The number of morpholine rings is 1. The molecule has 1 saturated heterocycles. The first-order valence-corrected chi connectivity index (χ1v) is 13.2. The van der Waals surface area contributed by atoms with Crippen molar-refractivity contribution >= 4 is 23.5 Å². The summed E-state index contributed by atoms with van der Waals surface area (Å²) in [6, 6.07) is 11.1. The molecule has 30 heavy (non-hydrogen) atoms. The van der Waals surface area contributed by atoms with Gasteiger partial charge in [-0.2, -0.15) is 11.8 Å². The Balaban J connectivity index is 1.19. The Morgan fingerprint density at radius 3 is 2.63 bits per heavy atom. The fraction of sp³-hybridized carbons (Fsp3) is 0.542. The molecule has 0 radical (unpaired) electrons. The van der Waals surface area contributed by atoms with E-state index < -0.39 is 0 Å². The number of benzene rings is 1. The molecule has 6 heteroatoms. The van der Waals surface area contributed by atoms with Crippen LogP contribution in [0.15, 0.2) is 41.4 Å². The summed E-state index contributed by atoms with van der Waals surface area (Å²) in [7, 11) is 0. The van der Waals surface area contributed by atoms with Gasteiger partial charge in [0.1, 0.15) is 0 Å². The molecule has 4 nitrogen and oxygen atoms in total. The second-order valence-electron chi connectivity index (χ2n) is 8.03. The minimum absolute atomic E-state index is 0.879. The van der Waals surface area contributed by atoms with Gasteiger partial charge in [-0.3, -0.25) is 14.8 Å². The number of hydrogen-bond donors (Lipinski definition) is 0. The number of hydrogen-bond acceptors (Lipinski definition) is 6. The molecule has 0 unspecified atom stereocenters. The molecule has 0 atom stereocenters. The van der Waals surface area contributed by atoms with E-state index in [0.717, 1.165) is 63.2 Å². The van der Waals surface area contributed by atoms with E-state index in [1.165, 1.54) is 40.2 Å². The summed E-state index contributed by atoms with van der Waals surface area (Å²) < 4.78 is 5.44. The minimum atomic E-state index is 0.879. The molecule has 2 aliphatic rings. The molecule has 1 aromatic carbocycles. The molecule has 4 rings (SSSR count). The van der Waals surface area contributed by atoms with Gasteiger partial charge in [-0.1, -0.05) is 24.3 Å². The Morgan fingerprint density at radius 2 is 1.77 bits per heavy atom. The number of aromatic nitrogens is 1. The summed E-state index contributed by atoms with van der Waals surface area (Å²) in [5.41, 5.74) is 5.65. The van der Waals surface area contributed by atoms with Crippen LogP contribution in [0.2, 0.25) is 0 Å². The first-order chi connectivity index (χ1) is 14.8. The van der Waals surface area contributed by atoms with Gasteiger partial charge in [0, 0.05) is 67.6 Å². The molecule has 0 spiro atoms. The Hall–Kier alpha value is -1.05. The van der Waals surface area contributed by atoms with Crippen LogP contribution in [0.1, 0.15) is 22.4 Å². The molecule has 162 valence electrons. The Bertz CT molecular complexity index is 811. The number of thioether (sulfide) groups is 2. The predicted molar refractivity (Wildman–Crippen MR) is 129 cm³/mol. The highest BCUT2D eigenvalue weighted by Crippen LogP contribution is 2.26. The zero-order valence-corrected chi connectivity index (χ0v) is 19.6. The van der Waals surface area contributed by atoms with Crippen molar-refractivity contribution in [2.45, 2.75) is 30.5 Å². The van der Waals surface area contributed by atoms with Crippen LogP contribution in [-0.2, 0) is 23.5 Å². The maximum Gasteiger partial charge on any atom is 0.0594 e. The lowest BCUT2D eigenvalue weighted by molar-refractivity contribution is 0.0410. The second-order valence-corrected chi connectivity index (χ2v) is 10.3. The van der Waals surface area contributed by atoms with Crippen molar-refractivity contribution < 1.29 is 4.74 Å². The Morgan fingerprint density at radius 1 is 0.967 bits per heavy atom. The zero-order chi connectivity index (χ0) is 20.6. The second kappa shape index (κ2) is 11.5. The van der Waals surface area contributed by atoms with Crippen molar-refractivity contribution in [2.24, 2.45) is 0 Å². The average Bonchev–Trinajstić information content (AvgIpc) is 2.79. The third-order valence-corrected chi connectivity index (χ3v) is 8.12. The van der Waals surface area contributed by atoms with Gasteiger partial charge < -0.3 is 4.74 Å². The van der Waals surface area contributed by atoms with Crippen LogP contribution < -0.4 is 0 Å². The van der Waals surface area contributed by atoms with Crippen molar-refractivity contribution in [1.29, 1.82) is 0 Å². The van der Waals surface area contributed by atoms with Crippen molar-refractivity contribution in [2.75, 3.05) is 57.4 Å². The SMILES string of the molecule is Cc1c(SCCN2CCOCC2)ccnc1CSCCN1CCc2ccccc2C1. The smallest absolute Gasteiger partial charge is 0.0594 e. The summed E-state index contributed by atoms with van der Waals surface area (Å²) >= 11 is 3.99. The molecular formula is C24H33N3OS2. The van der Waals surface area contributed by atoms with E-state index in [1.807, 2.05) is 29.7 Å². The highest BCUT2D eigenvalue weighted by molar-refractivity contribution is 7.99. The van der Waals surface area contributed by atoms with E-state index in [-0.39, 0.29) is 0 Å². The molecule has 0 bridgehead atoms. The minimum Gasteiger partial charge on any atom is -0.379 e. The summed E-state index contributed by atoms with van der Waals surface area (Å²) in [5, 5.41) is 0. The molecule has 2 aliphatic heterocycles. The fourth-order valence-corrected chi connectivity index (χ4v) is 6.15. The van der Waals surface area contributed by atoms with Gasteiger partial charge in [0.15, 0.2) is 0 Å². The van der Waals surface area contributed by atoms with Crippen LogP contribution in [0.5, 0.6) is 0 Å². The van der Waals surface area contributed by atoms with Gasteiger partial charge in [-0.25, -0.2) is 0 Å². The van der Waals surface area contributed by atoms with Crippen LogP contribution in [-0.4, -0.2) is 72.2 Å². The molecule has 0 N–H and O–H groups in total. The number of ether oxygens (including phenoxy) is 1. The molecule has 0 aliphatic carbocycles. The normalized spacial score (nSPS) is 17.8. The molecule has 2 aromatic rings. The maximum absolute atomic E-state index is 5.44. The van der Waals surface area contributed by atoms with Gasteiger partial charge in [0.05, 0.1) is 18.9 Å². The lowest BCUT2D eigenvalue weighted by Crippen LogP contribution is -2.37. The summed E-state index contributed by atoms with van der Waals surface area (Å²) in [4.78, 5) is 11.2. The highest BCUT2D eigenvalue weighted by Gasteiger charge is 2.15. The van der Waals surface area contributed by atoms with E-state index in [1.54, 1.807) is 0 Å². The standard InChI is InChI=1S/C24H33N3OS2/c1-20-23(25-8-6-24(20)30-17-13-26-10-14-28-15-11-26)19-29-16-12-27-9-7-21-4-2-3-5-22(21)18-27/h2-6,8H,7,9-19H2,1H3. The van der Waals surface area contributed by atoms with E-state index in [9.17, 15) is 0 Å². The van der Waals surface area contributed by atoms with E-state index in [0.29, 0.717) is 0 Å². The summed E-state index contributed by atoms with van der Waals surface area (Å²) in [6.07, 6.45) is 3.17. The van der Waals surface area contributed by atoms with Gasteiger partial charge in [0.2, 0.25) is 0 Å². The van der Waals surface area contributed by atoms with Crippen molar-refractivity contribution in [3.8, 4) is 0 Å². The third-order valence-electron chi connectivity index (χ3n) is 6.03. The van der Waals surface area contributed by atoms with Crippen LogP contribution in [0.3, 0.4) is 0 Å². The van der Waals surface area contributed by atoms with E-state index >= 15 is 0 Å². The first-order valence-electron chi connectivity index (χ1n) is 11.0. The predicted octanol–water partition coefficient (Wildman–Crippen LogP) is 4.11. The number of nitrogens with zero attached hydrogens (tertiary/aromatic N) is 3. The highest BCUT2D eigenvalue weighted by atomic mass is 32.2. The van der Waals surface area contributed by atoms with Gasteiger partial charge in [0.25, 0.3) is 0 Å². The first kappa shape index (κ1) is 22.2. The quantitative estimate of drug-likeness (QED) is 0.428. The summed E-state index contributed by atoms with van der Waals surface area (Å²) in [6.45, 7) is 10.7.